The van der Waals surface area contributed by atoms with Gasteiger partial charge in [0.05, 0.1) is 24.7 Å². The van der Waals surface area contributed by atoms with Crippen LogP contribution in [-0.2, 0) is 15.1 Å². The highest BCUT2D eigenvalue weighted by atomic mass is 16.5. The van der Waals surface area contributed by atoms with Crippen LogP contribution in [0.1, 0.15) is 39.7 Å². The molecule has 1 unspecified atom stereocenters. The molecule has 1 N–H and O–H groups in total. The first kappa shape index (κ1) is 16.5. The third-order valence-electron chi connectivity index (χ3n) is 3.22. The molecule has 0 aliphatic rings. The molecule has 1 aromatic carbocycles. The number of esters is 1. The standard InChI is InChI=1S/C16H25NO3/c1-6-19-15(18)11-16(4,17-5)13-7-9-14(10-8-13)20-12(2)3/h7-10,12,17H,6,11H2,1-5H3. The van der Waals surface area contributed by atoms with E-state index in [-0.39, 0.29) is 12.1 Å². The van der Waals surface area contributed by atoms with E-state index in [0.717, 1.165) is 11.3 Å². The molecular formula is C16H25NO3. The van der Waals surface area contributed by atoms with E-state index in [0.29, 0.717) is 13.0 Å². The van der Waals surface area contributed by atoms with E-state index in [1.54, 1.807) is 0 Å². The van der Waals surface area contributed by atoms with Gasteiger partial charge in [-0.1, -0.05) is 12.1 Å². The maximum atomic E-state index is 11.7. The molecular weight excluding hydrogens is 254 g/mol. The van der Waals surface area contributed by atoms with Crippen molar-refractivity contribution in [3.8, 4) is 5.75 Å². The summed E-state index contributed by atoms with van der Waals surface area (Å²) in [6.45, 7) is 8.19. The minimum Gasteiger partial charge on any atom is -0.491 e. The molecule has 20 heavy (non-hydrogen) atoms. The third-order valence-corrected chi connectivity index (χ3v) is 3.22. The van der Waals surface area contributed by atoms with Crippen LogP contribution in [0.5, 0.6) is 5.75 Å². The number of rotatable bonds is 7. The average molecular weight is 279 g/mol. The Morgan fingerprint density at radius 3 is 2.35 bits per heavy atom. The average Bonchev–Trinajstić information content (AvgIpc) is 2.38. The van der Waals surface area contributed by atoms with Crippen molar-refractivity contribution >= 4 is 5.97 Å². The van der Waals surface area contributed by atoms with Crippen LogP contribution in [0.2, 0.25) is 0 Å². The molecule has 0 spiro atoms. The van der Waals surface area contributed by atoms with E-state index in [2.05, 4.69) is 5.32 Å². The number of hydrogen-bond donors (Lipinski definition) is 1. The van der Waals surface area contributed by atoms with Crippen LogP contribution in [0.25, 0.3) is 0 Å². The molecule has 1 rings (SSSR count). The maximum Gasteiger partial charge on any atom is 0.307 e. The smallest absolute Gasteiger partial charge is 0.307 e. The topological polar surface area (TPSA) is 47.6 Å². The number of ether oxygens (including phenoxy) is 2. The zero-order valence-corrected chi connectivity index (χ0v) is 13.0. The van der Waals surface area contributed by atoms with Crippen molar-refractivity contribution in [1.29, 1.82) is 0 Å². The lowest BCUT2D eigenvalue weighted by atomic mass is 9.89. The summed E-state index contributed by atoms with van der Waals surface area (Å²) < 4.78 is 10.7. The number of carbonyl (C=O) groups excluding carboxylic acids is 1. The third kappa shape index (κ3) is 4.53. The molecule has 1 atom stereocenters. The SMILES string of the molecule is CCOC(=O)CC(C)(NC)c1ccc(OC(C)C)cc1. The van der Waals surface area contributed by atoms with Gasteiger partial charge in [0.15, 0.2) is 0 Å². The summed E-state index contributed by atoms with van der Waals surface area (Å²) in [5, 5.41) is 3.20. The molecule has 0 saturated heterocycles. The van der Waals surface area contributed by atoms with Gasteiger partial charge in [-0.25, -0.2) is 0 Å². The fourth-order valence-corrected chi connectivity index (χ4v) is 2.01. The first-order chi connectivity index (χ1) is 9.41. The Hall–Kier alpha value is -1.55. The Morgan fingerprint density at radius 2 is 1.90 bits per heavy atom. The van der Waals surface area contributed by atoms with Gasteiger partial charge in [-0.15, -0.1) is 0 Å². The summed E-state index contributed by atoms with van der Waals surface area (Å²) in [4.78, 5) is 11.7. The van der Waals surface area contributed by atoms with Gasteiger partial charge in [0.2, 0.25) is 0 Å². The molecule has 0 aliphatic carbocycles. The summed E-state index contributed by atoms with van der Waals surface area (Å²) >= 11 is 0. The van der Waals surface area contributed by atoms with Crippen molar-refractivity contribution in [3.63, 3.8) is 0 Å². The molecule has 0 radical (unpaired) electrons. The van der Waals surface area contributed by atoms with Crippen molar-refractivity contribution in [3.05, 3.63) is 29.8 Å². The molecule has 0 amide bonds. The summed E-state index contributed by atoms with van der Waals surface area (Å²) in [6, 6.07) is 7.81. The predicted molar refractivity (Wildman–Crippen MR) is 79.9 cm³/mol. The van der Waals surface area contributed by atoms with Gasteiger partial charge < -0.3 is 14.8 Å². The fourth-order valence-electron chi connectivity index (χ4n) is 2.01. The van der Waals surface area contributed by atoms with Gasteiger partial charge in [0.1, 0.15) is 5.75 Å². The normalized spacial score (nSPS) is 13.9. The van der Waals surface area contributed by atoms with Crippen LogP contribution in [0.15, 0.2) is 24.3 Å². The van der Waals surface area contributed by atoms with Crippen LogP contribution >= 0.6 is 0 Å². The van der Waals surface area contributed by atoms with Crippen molar-refractivity contribution in [1.82, 2.24) is 5.32 Å². The highest BCUT2D eigenvalue weighted by molar-refractivity contribution is 5.71. The Balaban J connectivity index is 2.85. The highest BCUT2D eigenvalue weighted by Gasteiger charge is 2.28. The molecule has 0 aromatic heterocycles. The molecule has 4 nitrogen and oxygen atoms in total. The van der Waals surface area contributed by atoms with E-state index in [1.165, 1.54) is 0 Å². The minimum absolute atomic E-state index is 0.149. The first-order valence-corrected chi connectivity index (χ1v) is 7.03. The molecule has 0 fully saturated rings. The van der Waals surface area contributed by atoms with E-state index < -0.39 is 5.54 Å². The second-order valence-electron chi connectivity index (χ2n) is 5.25. The number of benzene rings is 1. The summed E-state index contributed by atoms with van der Waals surface area (Å²) in [5.74, 6) is 0.630. The largest absolute Gasteiger partial charge is 0.491 e. The number of hydrogen-bond acceptors (Lipinski definition) is 4. The molecule has 1 aromatic rings. The van der Waals surface area contributed by atoms with Crippen LogP contribution in [0, 0.1) is 0 Å². The zero-order valence-electron chi connectivity index (χ0n) is 13.0. The van der Waals surface area contributed by atoms with Crippen molar-refractivity contribution in [2.24, 2.45) is 0 Å². The Kier molecular flexibility index (Phi) is 6.02. The summed E-state index contributed by atoms with van der Waals surface area (Å²) in [5.41, 5.74) is 0.590. The maximum absolute atomic E-state index is 11.7. The number of nitrogens with one attached hydrogen (secondary N) is 1. The van der Waals surface area contributed by atoms with E-state index in [9.17, 15) is 4.79 Å². The van der Waals surface area contributed by atoms with E-state index in [4.69, 9.17) is 9.47 Å². The fraction of sp³-hybridized carbons (Fsp3) is 0.562. The quantitative estimate of drug-likeness (QED) is 0.780. The van der Waals surface area contributed by atoms with Crippen LogP contribution < -0.4 is 10.1 Å². The molecule has 112 valence electrons. The van der Waals surface area contributed by atoms with Crippen LogP contribution in [0.3, 0.4) is 0 Å². The molecule has 0 aliphatic heterocycles. The van der Waals surface area contributed by atoms with Crippen LogP contribution in [-0.4, -0.2) is 25.7 Å². The molecule has 0 bridgehead atoms. The van der Waals surface area contributed by atoms with Crippen molar-refractivity contribution in [2.75, 3.05) is 13.7 Å². The zero-order chi connectivity index (χ0) is 15.2. The van der Waals surface area contributed by atoms with Crippen LogP contribution in [0.4, 0.5) is 0 Å². The van der Waals surface area contributed by atoms with E-state index in [1.807, 2.05) is 59.0 Å². The Morgan fingerprint density at radius 1 is 1.30 bits per heavy atom. The first-order valence-electron chi connectivity index (χ1n) is 7.03. The highest BCUT2D eigenvalue weighted by Crippen LogP contribution is 2.27. The molecule has 0 heterocycles. The lowest BCUT2D eigenvalue weighted by molar-refractivity contribution is -0.144. The lowest BCUT2D eigenvalue weighted by Crippen LogP contribution is -2.39. The second-order valence-corrected chi connectivity index (χ2v) is 5.25. The second kappa shape index (κ2) is 7.29. The summed E-state index contributed by atoms with van der Waals surface area (Å²) in [6.07, 6.45) is 0.443. The van der Waals surface area contributed by atoms with Gasteiger partial charge in [-0.2, -0.15) is 0 Å². The van der Waals surface area contributed by atoms with Gasteiger partial charge in [0, 0.05) is 0 Å². The number of carbonyl (C=O) groups is 1. The monoisotopic (exact) mass is 279 g/mol. The molecule has 4 heteroatoms. The van der Waals surface area contributed by atoms with Crippen molar-refractivity contribution in [2.45, 2.75) is 45.8 Å². The lowest BCUT2D eigenvalue weighted by Gasteiger charge is -2.29. The summed E-state index contributed by atoms with van der Waals surface area (Å²) in [7, 11) is 1.84. The van der Waals surface area contributed by atoms with Gasteiger partial charge in [-0.05, 0) is 52.4 Å². The molecule has 0 saturated carbocycles. The van der Waals surface area contributed by atoms with Gasteiger partial charge in [-0.3, -0.25) is 4.79 Å². The Bertz CT molecular complexity index is 428. The Labute approximate surface area is 121 Å². The van der Waals surface area contributed by atoms with Gasteiger partial charge >= 0.3 is 5.97 Å². The van der Waals surface area contributed by atoms with Gasteiger partial charge in [0.25, 0.3) is 0 Å². The minimum atomic E-state index is -0.442. The van der Waals surface area contributed by atoms with E-state index >= 15 is 0 Å². The predicted octanol–water partition coefficient (Wildman–Crippen LogP) is 2.86. The van der Waals surface area contributed by atoms with Crippen molar-refractivity contribution < 1.29 is 14.3 Å².